The van der Waals surface area contributed by atoms with E-state index < -0.39 is 11.8 Å². The third-order valence-electron chi connectivity index (χ3n) is 7.27. The van der Waals surface area contributed by atoms with Crippen LogP contribution in [-0.4, -0.2) is 51.3 Å². The molecule has 0 saturated carbocycles. The molecule has 0 aliphatic rings. The second-order valence-corrected chi connectivity index (χ2v) is 10.4. The van der Waals surface area contributed by atoms with Gasteiger partial charge in [-0.05, 0) is 42.0 Å². The van der Waals surface area contributed by atoms with Gasteiger partial charge >= 0.3 is 5.97 Å². The maximum Gasteiger partial charge on any atom is 0.335 e. The molecular weight excluding hydrogens is 577 g/mol. The van der Waals surface area contributed by atoms with E-state index in [1.54, 1.807) is 25.3 Å². The molecule has 1 amide bonds. The number of amides is 1. The molecule has 0 saturated heterocycles. The van der Waals surface area contributed by atoms with E-state index in [1.807, 2.05) is 47.0 Å². The number of methoxy groups -OCH3 is 1. The Morgan fingerprint density at radius 3 is 2.56 bits per heavy atom. The Labute approximate surface area is 258 Å². The van der Waals surface area contributed by atoms with Crippen molar-refractivity contribution in [2.45, 2.75) is 32.6 Å². The molecule has 0 fully saturated rings. The van der Waals surface area contributed by atoms with Gasteiger partial charge in [0, 0.05) is 44.2 Å². The molecule has 1 atom stereocenters. The highest BCUT2D eigenvalue weighted by Crippen LogP contribution is 2.25. The fourth-order valence-corrected chi connectivity index (χ4v) is 4.85. The number of nitrogens with zero attached hydrogens (tertiary/aromatic N) is 4. The van der Waals surface area contributed by atoms with Gasteiger partial charge in [-0.1, -0.05) is 36.4 Å². The van der Waals surface area contributed by atoms with Crippen LogP contribution in [-0.2, 0) is 29.1 Å². The maximum atomic E-state index is 14.3. The molecule has 10 nitrogen and oxygen atoms in total. The summed E-state index contributed by atoms with van der Waals surface area (Å²) in [6.07, 6.45) is 0.0932. The average Bonchev–Trinajstić information content (AvgIpc) is 3.38. The van der Waals surface area contributed by atoms with Crippen molar-refractivity contribution in [2.24, 2.45) is 0 Å². The number of fused-ring (bicyclic) bond motifs is 1. The summed E-state index contributed by atoms with van der Waals surface area (Å²) in [5, 5.41) is 21.3. The molecule has 0 spiro atoms. The van der Waals surface area contributed by atoms with E-state index >= 15 is 0 Å². The highest BCUT2D eigenvalue weighted by molar-refractivity contribution is 5.92. The second kappa shape index (κ2) is 13.8. The average molecular weight is 608 g/mol. The summed E-state index contributed by atoms with van der Waals surface area (Å²) in [4.78, 5) is 32.5. The zero-order chi connectivity index (χ0) is 31.9. The predicted octanol–water partition coefficient (Wildman–Crippen LogP) is 5.13. The van der Waals surface area contributed by atoms with Crippen LogP contribution in [0.4, 0.5) is 4.39 Å². The van der Waals surface area contributed by atoms with Crippen LogP contribution in [0.15, 0.2) is 78.9 Å². The highest BCUT2D eigenvalue weighted by Gasteiger charge is 2.18. The molecule has 0 unspecified atom stereocenters. The van der Waals surface area contributed by atoms with Crippen LogP contribution in [0.25, 0.3) is 22.3 Å². The lowest BCUT2D eigenvalue weighted by Crippen LogP contribution is -2.34. The first-order valence-corrected chi connectivity index (χ1v) is 14.1. The number of carboxylic acid groups (broad SMARTS) is 1. The normalized spacial score (nSPS) is 11.6. The van der Waals surface area contributed by atoms with E-state index in [4.69, 9.17) is 19.7 Å². The Hall–Kier alpha value is -5.60. The minimum Gasteiger partial charge on any atom is -0.478 e. The lowest BCUT2D eigenvalue weighted by Gasteiger charge is -2.19. The van der Waals surface area contributed by atoms with E-state index in [9.17, 15) is 19.1 Å². The standard InChI is InChI=1S/C34H30FN5O5/c1-21(41)37-18-27(44-2)19-40-31-16-25(34(42)43)12-13-30(31)38-32(40)15-22-6-9-24(10-7-22)29-4-3-5-33(39-29)45-20-26-11-8-23(17-36)14-28(26)35/h3-14,16,27H,15,18-20H2,1-2H3,(H,37,41)(H,42,43)/t27-/m0/s1. The molecule has 0 radical (unpaired) electrons. The van der Waals surface area contributed by atoms with Gasteiger partial charge in [0.25, 0.3) is 0 Å². The zero-order valence-electron chi connectivity index (χ0n) is 24.7. The number of carboxylic acids is 1. The summed E-state index contributed by atoms with van der Waals surface area (Å²) < 4.78 is 27.5. The van der Waals surface area contributed by atoms with Gasteiger partial charge in [0.05, 0.1) is 46.6 Å². The van der Waals surface area contributed by atoms with Crippen molar-refractivity contribution in [1.29, 1.82) is 5.26 Å². The van der Waals surface area contributed by atoms with E-state index in [-0.39, 0.29) is 36.3 Å². The number of imidazole rings is 1. The molecule has 0 aliphatic carbocycles. The molecule has 2 aromatic heterocycles. The van der Waals surface area contributed by atoms with Crippen molar-refractivity contribution >= 4 is 22.9 Å². The smallest absolute Gasteiger partial charge is 0.335 e. The molecule has 2 N–H and O–H groups in total. The number of aromatic nitrogens is 3. The zero-order valence-corrected chi connectivity index (χ0v) is 24.7. The molecule has 3 aromatic carbocycles. The SMILES string of the molecule is CO[C@@H](CNC(C)=O)Cn1c(Cc2ccc(-c3cccc(OCc4ccc(C#N)cc4F)n3)cc2)nc2ccc(C(=O)O)cc21. The minimum absolute atomic E-state index is 0.0311. The van der Waals surface area contributed by atoms with Crippen LogP contribution in [0.3, 0.4) is 0 Å². The lowest BCUT2D eigenvalue weighted by molar-refractivity contribution is -0.119. The Morgan fingerprint density at radius 1 is 1.07 bits per heavy atom. The Kier molecular flexibility index (Phi) is 9.46. The quantitative estimate of drug-likeness (QED) is 0.199. The van der Waals surface area contributed by atoms with Crippen LogP contribution in [0, 0.1) is 17.1 Å². The first-order valence-electron chi connectivity index (χ1n) is 14.1. The van der Waals surface area contributed by atoms with E-state index in [0.717, 1.165) is 11.1 Å². The van der Waals surface area contributed by atoms with Crippen LogP contribution < -0.4 is 10.1 Å². The van der Waals surface area contributed by atoms with E-state index in [1.165, 1.54) is 31.2 Å². The second-order valence-electron chi connectivity index (χ2n) is 10.4. The number of ether oxygens (including phenoxy) is 2. The highest BCUT2D eigenvalue weighted by atomic mass is 19.1. The Balaban J connectivity index is 1.35. The minimum atomic E-state index is -1.03. The van der Waals surface area contributed by atoms with E-state index in [0.29, 0.717) is 47.0 Å². The number of halogens is 1. The van der Waals surface area contributed by atoms with Crippen molar-refractivity contribution in [2.75, 3.05) is 13.7 Å². The lowest BCUT2D eigenvalue weighted by atomic mass is 10.1. The van der Waals surface area contributed by atoms with Crippen LogP contribution in [0.2, 0.25) is 0 Å². The van der Waals surface area contributed by atoms with Crippen LogP contribution in [0.5, 0.6) is 5.88 Å². The molecule has 11 heteroatoms. The van der Waals surface area contributed by atoms with Crippen LogP contribution >= 0.6 is 0 Å². The van der Waals surface area contributed by atoms with Crippen molar-refractivity contribution in [3.8, 4) is 23.2 Å². The molecule has 45 heavy (non-hydrogen) atoms. The third kappa shape index (κ3) is 7.49. The Morgan fingerprint density at radius 2 is 1.87 bits per heavy atom. The molecule has 0 aliphatic heterocycles. The van der Waals surface area contributed by atoms with E-state index in [2.05, 4.69) is 10.3 Å². The number of pyridine rings is 1. The van der Waals surface area contributed by atoms with Crippen molar-refractivity contribution in [1.82, 2.24) is 19.9 Å². The van der Waals surface area contributed by atoms with Gasteiger partial charge in [-0.2, -0.15) is 5.26 Å². The number of aromatic carboxylic acids is 1. The van der Waals surface area contributed by atoms with Gasteiger partial charge in [-0.25, -0.2) is 19.2 Å². The fourth-order valence-electron chi connectivity index (χ4n) is 4.85. The monoisotopic (exact) mass is 607 g/mol. The maximum absolute atomic E-state index is 14.3. The largest absolute Gasteiger partial charge is 0.478 e. The summed E-state index contributed by atoms with van der Waals surface area (Å²) in [6.45, 7) is 2.05. The summed E-state index contributed by atoms with van der Waals surface area (Å²) in [7, 11) is 1.56. The number of nitrogens with one attached hydrogen (secondary N) is 1. The van der Waals surface area contributed by atoms with Gasteiger partial charge in [-0.3, -0.25) is 4.79 Å². The Bertz CT molecular complexity index is 1900. The van der Waals surface area contributed by atoms with Crippen molar-refractivity contribution < 1.29 is 28.6 Å². The van der Waals surface area contributed by atoms with Gasteiger partial charge in [0.15, 0.2) is 0 Å². The topological polar surface area (TPSA) is 139 Å². The summed E-state index contributed by atoms with van der Waals surface area (Å²) in [5.74, 6) is -0.668. The number of hydrogen-bond donors (Lipinski definition) is 2. The molecule has 5 aromatic rings. The number of carbonyl (C=O) groups is 2. The number of benzene rings is 3. The summed E-state index contributed by atoms with van der Waals surface area (Å²) in [6, 6.07) is 24.1. The van der Waals surface area contributed by atoms with Crippen molar-refractivity contribution in [3.05, 3.63) is 113 Å². The number of nitriles is 1. The van der Waals surface area contributed by atoms with Gasteiger partial charge in [0.1, 0.15) is 18.2 Å². The van der Waals surface area contributed by atoms with Crippen LogP contribution in [0.1, 0.15) is 39.8 Å². The molecule has 2 heterocycles. The van der Waals surface area contributed by atoms with Crippen molar-refractivity contribution in [3.63, 3.8) is 0 Å². The first kappa shape index (κ1) is 30.8. The molecule has 0 bridgehead atoms. The number of carbonyl (C=O) groups excluding carboxylic acids is 1. The summed E-state index contributed by atoms with van der Waals surface area (Å²) >= 11 is 0. The molecule has 5 rings (SSSR count). The number of hydrogen-bond acceptors (Lipinski definition) is 7. The summed E-state index contributed by atoms with van der Waals surface area (Å²) in [5.41, 5.74) is 4.52. The first-order chi connectivity index (χ1) is 21.7. The fraction of sp³-hybridized carbons (Fsp3) is 0.206. The molecular formula is C34H30FN5O5. The van der Waals surface area contributed by atoms with Gasteiger partial charge < -0.3 is 24.5 Å². The third-order valence-corrected chi connectivity index (χ3v) is 7.27. The predicted molar refractivity (Wildman–Crippen MR) is 164 cm³/mol. The van der Waals surface area contributed by atoms with Gasteiger partial charge in [-0.15, -0.1) is 0 Å². The molecule has 228 valence electrons. The number of rotatable bonds is 12. The van der Waals surface area contributed by atoms with Gasteiger partial charge in [0.2, 0.25) is 11.8 Å².